The van der Waals surface area contributed by atoms with Crippen LogP contribution in [0, 0.1) is 12.8 Å². The van der Waals surface area contributed by atoms with Gasteiger partial charge < -0.3 is 10.3 Å². The number of nitrogens with zero attached hydrogens (tertiary/aromatic N) is 1. The maximum absolute atomic E-state index is 13.0. The number of aryl methyl sites for hydroxylation is 1. The number of piperidine rings is 1. The van der Waals surface area contributed by atoms with Crippen LogP contribution in [0.4, 0.5) is 0 Å². The molecule has 1 aromatic heterocycles. The summed E-state index contributed by atoms with van der Waals surface area (Å²) in [5, 5.41) is 3.49. The van der Waals surface area contributed by atoms with E-state index in [0.717, 1.165) is 9.87 Å². The van der Waals surface area contributed by atoms with E-state index in [0.29, 0.717) is 30.8 Å². The molecule has 2 aromatic rings. The topological polar surface area (TPSA) is 132 Å². The first-order chi connectivity index (χ1) is 14.2. The van der Waals surface area contributed by atoms with E-state index in [-0.39, 0.29) is 24.7 Å². The Morgan fingerprint density at radius 2 is 1.93 bits per heavy atom. The van der Waals surface area contributed by atoms with Crippen LogP contribution in [0.15, 0.2) is 38.8 Å². The standard InChI is InChI=1S/C19H23ClN4O5S/c1-12-16(18(26)23-19(27)22-12)30(28,29)24-10-2-3-14(11-24)17(25)21-9-8-13-4-6-15(20)7-5-13/h4-7,14H,2-3,8-11H2,1H3,(H,21,25)(H2,22,23,26,27)/t14-/m1/s1. The van der Waals surface area contributed by atoms with Crippen LogP contribution in [0.1, 0.15) is 24.1 Å². The molecule has 3 N–H and O–H groups in total. The van der Waals surface area contributed by atoms with Crippen molar-refractivity contribution in [2.24, 2.45) is 5.92 Å². The van der Waals surface area contributed by atoms with Crippen molar-refractivity contribution in [3.05, 3.63) is 61.4 Å². The number of hydrogen-bond acceptors (Lipinski definition) is 5. The summed E-state index contributed by atoms with van der Waals surface area (Å²) in [6.07, 6.45) is 1.68. The van der Waals surface area contributed by atoms with Gasteiger partial charge in [0, 0.05) is 30.4 Å². The zero-order valence-electron chi connectivity index (χ0n) is 16.4. The van der Waals surface area contributed by atoms with E-state index in [1.165, 1.54) is 6.92 Å². The minimum Gasteiger partial charge on any atom is -0.355 e. The van der Waals surface area contributed by atoms with Crippen molar-refractivity contribution < 1.29 is 13.2 Å². The number of hydrogen-bond donors (Lipinski definition) is 3. The Balaban J connectivity index is 1.65. The van der Waals surface area contributed by atoms with Gasteiger partial charge in [-0.25, -0.2) is 13.2 Å². The largest absolute Gasteiger partial charge is 0.355 e. The summed E-state index contributed by atoms with van der Waals surface area (Å²) in [6, 6.07) is 7.33. The van der Waals surface area contributed by atoms with Gasteiger partial charge in [-0.05, 0) is 43.9 Å². The van der Waals surface area contributed by atoms with Gasteiger partial charge in [0.05, 0.1) is 5.92 Å². The van der Waals surface area contributed by atoms with Gasteiger partial charge in [0.2, 0.25) is 15.9 Å². The second-order valence-electron chi connectivity index (χ2n) is 7.23. The van der Waals surface area contributed by atoms with Gasteiger partial charge in [0.25, 0.3) is 5.56 Å². The molecule has 1 aliphatic heterocycles. The van der Waals surface area contributed by atoms with Crippen LogP contribution in [0.2, 0.25) is 5.02 Å². The lowest BCUT2D eigenvalue weighted by Gasteiger charge is -2.31. The number of aromatic amines is 2. The number of amides is 1. The molecule has 3 rings (SSSR count). The Hall–Kier alpha value is -2.43. The van der Waals surface area contributed by atoms with Gasteiger partial charge in [-0.15, -0.1) is 0 Å². The van der Waals surface area contributed by atoms with E-state index in [1.807, 2.05) is 17.1 Å². The van der Waals surface area contributed by atoms with Crippen molar-refractivity contribution in [3.63, 3.8) is 0 Å². The van der Waals surface area contributed by atoms with Crippen molar-refractivity contribution in [2.75, 3.05) is 19.6 Å². The maximum atomic E-state index is 13.0. The quantitative estimate of drug-likeness (QED) is 0.593. The van der Waals surface area contributed by atoms with Crippen LogP contribution in [0.5, 0.6) is 0 Å². The Morgan fingerprint density at radius 1 is 1.23 bits per heavy atom. The van der Waals surface area contributed by atoms with Crippen molar-refractivity contribution >= 4 is 27.5 Å². The second kappa shape index (κ2) is 9.15. The van der Waals surface area contributed by atoms with Crippen LogP contribution in [0.25, 0.3) is 0 Å². The zero-order valence-corrected chi connectivity index (χ0v) is 18.0. The molecule has 11 heteroatoms. The highest BCUT2D eigenvalue weighted by Crippen LogP contribution is 2.23. The highest BCUT2D eigenvalue weighted by atomic mass is 35.5. The Kier molecular flexibility index (Phi) is 6.79. The first-order valence-corrected chi connectivity index (χ1v) is 11.4. The third-order valence-corrected chi connectivity index (χ3v) is 7.32. The molecule has 0 aliphatic carbocycles. The molecule has 1 fully saturated rings. The first kappa shape index (κ1) is 22.3. The number of H-pyrrole nitrogens is 2. The molecule has 9 nitrogen and oxygen atoms in total. The fourth-order valence-corrected chi connectivity index (χ4v) is 5.38. The second-order valence-corrected chi connectivity index (χ2v) is 9.54. The molecular formula is C19H23ClN4O5S. The minimum atomic E-state index is -4.15. The predicted octanol–water partition coefficient (Wildman–Crippen LogP) is 0.785. The van der Waals surface area contributed by atoms with Gasteiger partial charge >= 0.3 is 5.69 Å². The van der Waals surface area contributed by atoms with Gasteiger partial charge in [-0.2, -0.15) is 4.31 Å². The van der Waals surface area contributed by atoms with Crippen LogP contribution < -0.4 is 16.6 Å². The Morgan fingerprint density at radius 3 is 2.60 bits per heavy atom. The first-order valence-electron chi connectivity index (χ1n) is 9.54. The van der Waals surface area contributed by atoms with E-state index in [9.17, 15) is 22.8 Å². The Bertz CT molecular complexity index is 1140. The summed E-state index contributed by atoms with van der Waals surface area (Å²) in [5.41, 5.74) is -0.738. The van der Waals surface area contributed by atoms with Crippen molar-refractivity contribution in [1.82, 2.24) is 19.6 Å². The summed E-state index contributed by atoms with van der Waals surface area (Å²) in [7, 11) is -4.15. The summed E-state index contributed by atoms with van der Waals surface area (Å²) >= 11 is 5.86. The fourth-order valence-electron chi connectivity index (χ4n) is 3.53. The number of nitrogens with one attached hydrogen (secondary N) is 3. The number of halogens is 1. The van der Waals surface area contributed by atoms with E-state index in [4.69, 9.17) is 11.6 Å². The lowest BCUT2D eigenvalue weighted by Crippen LogP contribution is -2.47. The van der Waals surface area contributed by atoms with E-state index in [1.54, 1.807) is 12.1 Å². The monoisotopic (exact) mass is 454 g/mol. The maximum Gasteiger partial charge on any atom is 0.325 e. The average molecular weight is 455 g/mol. The summed E-state index contributed by atoms with van der Waals surface area (Å²) in [6.45, 7) is 1.96. The molecule has 162 valence electrons. The van der Waals surface area contributed by atoms with Crippen LogP contribution >= 0.6 is 11.6 Å². The van der Waals surface area contributed by atoms with Crippen molar-refractivity contribution in [3.8, 4) is 0 Å². The normalized spacial score (nSPS) is 17.6. The van der Waals surface area contributed by atoms with E-state index >= 15 is 0 Å². The molecule has 1 atom stereocenters. The third kappa shape index (κ3) is 5.00. The molecular weight excluding hydrogens is 432 g/mol. The molecule has 1 amide bonds. The van der Waals surface area contributed by atoms with E-state index < -0.39 is 32.1 Å². The SMILES string of the molecule is Cc1[nH]c(=O)[nH]c(=O)c1S(=O)(=O)N1CCC[C@@H](C(=O)NCCc2ccc(Cl)cc2)C1. The zero-order chi connectivity index (χ0) is 21.9. The molecule has 0 bridgehead atoms. The number of aromatic nitrogens is 2. The smallest absolute Gasteiger partial charge is 0.325 e. The van der Waals surface area contributed by atoms with Gasteiger partial charge in [-0.3, -0.25) is 14.6 Å². The van der Waals surface area contributed by atoms with E-state index in [2.05, 4.69) is 10.3 Å². The summed E-state index contributed by atoms with van der Waals surface area (Å²) < 4.78 is 27.1. The number of benzene rings is 1. The fraction of sp³-hybridized carbons (Fsp3) is 0.421. The molecule has 0 saturated carbocycles. The highest BCUT2D eigenvalue weighted by molar-refractivity contribution is 7.89. The number of rotatable bonds is 6. The number of sulfonamides is 1. The van der Waals surface area contributed by atoms with Gasteiger partial charge in [0.15, 0.2) is 4.90 Å². The molecule has 2 heterocycles. The summed E-state index contributed by atoms with van der Waals surface area (Å²) in [5.74, 6) is -0.739. The molecule has 1 aliphatic rings. The highest BCUT2D eigenvalue weighted by Gasteiger charge is 2.35. The molecule has 0 spiro atoms. The third-order valence-electron chi connectivity index (χ3n) is 5.05. The molecule has 30 heavy (non-hydrogen) atoms. The Labute approximate surface area is 178 Å². The number of carbonyl (C=O) groups is 1. The van der Waals surface area contributed by atoms with Crippen LogP contribution in [-0.4, -0.2) is 48.2 Å². The van der Waals surface area contributed by atoms with Gasteiger partial charge in [-0.1, -0.05) is 23.7 Å². The molecule has 1 saturated heterocycles. The van der Waals surface area contributed by atoms with Crippen LogP contribution in [-0.2, 0) is 21.2 Å². The lowest BCUT2D eigenvalue weighted by molar-refractivity contribution is -0.126. The average Bonchev–Trinajstić information content (AvgIpc) is 2.68. The molecule has 0 unspecified atom stereocenters. The van der Waals surface area contributed by atoms with Crippen molar-refractivity contribution in [1.29, 1.82) is 0 Å². The van der Waals surface area contributed by atoms with Crippen LogP contribution in [0.3, 0.4) is 0 Å². The molecule has 0 radical (unpaired) electrons. The van der Waals surface area contributed by atoms with Gasteiger partial charge in [0.1, 0.15) is 0 Å². The predicted molar refractivity (Wildman–Crippen MR) is 112 cm³/mol. The minimum absolute atomic E-state index is 0.0207. The number of carbonyl (C=O) groups excluding carboxylic acids is 1. The molecule has 1 aromatic carbocycles. The lowest BCUT2D eigenvalue weighted by atomic mass is 9.99. The van der Waals surface area contributed by atoms with Crippen molar-refractivity contribution in [2.45, 2.75) is 31.1 Å². The summed E-state index contributed by atoms with van der Waals surface area (Å²) in [4.78, 5) is 39.8.